The Labute approximate surface area is 104 Å². The normalized spacial score (nSPS) is 10.4. The zero-order valence-corrected chi connectivity index (χ0v) is 9.45. The third-order valence-corrected chi connectivity index (χ3v) is 2.20. The molecule has 0 spiro atoms. The lowest BCUT2D eigenvalue weighted by Gasteiger charge is -1.98. The number of phenols is 1. The molecule has 2 aromatic rings. The number of benzene rings is 1. The van der Waals surface area contributed by atoms with Crippen molar-refractivity contribution < 1.29 is 9.90 Å². The summed E-state index contributed by atoms with van der Waals surface area (Å²) in [5.41, 5.74) is 3.61. The van der Waals surface area contributed by atoms with E-state index in [4.69, 9.17) is 5.11 Å². The average Bonchev–Trinajstić information content (AvgIpc) is 2.42. The van der Waals surface area contributed by atoms with Crippen LogP contribution in [-0.2, 0) is 0 Å². The molecule has 0 aliphatic rings. The van der Waals surface area contributed by atoms with Crippen molar-refractivity contribution in [1.29, 1.82) is 0 Å². The number of phenolic OH excluding ortho intramolecular Hbond substituents is 1. The standard InChI is InChI=1S/C13H11N3O2/c17-12-5-3-10(4-6-12)8-15-16-13(18)11-2-1-7-14-9-11/h1-9,17H,(H,16,18). The minimum Gasteiger partial charge on any atom is -0.508 e. The molecule has 0 aliphatic heterocycles. The van der Waals surface area contributed by atoms with Crippen molar-refractivity contribution in [2.75, 3.05) is 0 Å². The van der Waals surface area contributed by atoms with Crippen LogP contribution in [0.5, 0.6) is 5.75 Å². The van der Waals surface area contributed by atoms with Crippen LogP contribution in [0.4, 0.5) is 0 Å². The van der Waals surface area contributed by atoms with Crippen LogP contribution in [0.1, 0.15) is 15.9 Å². The van der Waals surface area contributed by atoms with E-state index in [-0.39, 0.29) is 11.7 Å². The van der Waals surface area contributed by atoms with Gasteiger partial charge >= 0.3 is 0 Å². The molecule has 1 aromatic heterocycles. The second kappa shape index (κ2) is 5.58. The Morgan fingerprint density at radius 1 is 1.28 bits per heavy atom. The van der Waals surface area contributed by atoms with Crippen molar-refractivity contribution in [3.05, 3.63) is 59.9 Å². The molecule has 0 bridgehead atoms. The second-order valence-corrected chi connectivity index (χ2v) is 3.53. The topological polar surface area (TPSA) is 74.6 Å². The van der Waals surface area contributed by atoms with E-state index < -0.39 is 0 Å². The van der Waals surface area contributed by atoms with Gasteiger partial charge in [-0.2, -0.15) is 5.10 Å². The van der Waals surface area contributed by atoms with Crippen molar-refractivity contribution in [2.45, 2.75) is 0 Å². The Bertz CT molecular complexity index is 550. The van der Waals surface area contributed by atoms with Gasteiger partial charge < -0.3 is 5.11 Å². The first-order valence-corrected chi connectivity index (χ1v) is 5.28. The lowest BCUT2D eigenvalue weighted by Crippen LogP contribution is -2.17. The fourth-order valence-electron chi connectivity index (χ4n) is 1.29. The van der Waals surface area contributed by atoms with Gasteiger partial charge in [0.2, 0.25) is 0 Å². The average molecular weight is 241 g/mol. The Morgan fingerprint density at radius 3 is 2.72 bits per heavy atom. The van der Waals surface area contributed by atoms with Gasteiger partial charge in [-0.1, -0.05) is 0 Å². The van der Waals surface area contributed by atoms with E-state index in [9.17, 15) is 4.79 Å². The maximum Gasteiger partial charge on any atom is 0.272 e. The maximum atomic E-state index is 11.6. The Hall–Kier alpha value is -2.69. The van der Waals surface area contributed by atoms with Crippen LogP contribution in [0.2, 0.25) is 0 Å². The van der Waals surface area contributed by atoms with Crippen LogP contribution >= 0.6 is 0 Å². The molecule has 0 unspecified atom stereocenters. The number of pyridine rings is 1. The van der Waals surface area contributed by atoms with Crippen LogP contribution in [0, 0.1) is 0 Å². The molecule has 0 radical (unpaired) electrons. The van der Waals surface area contributed by atoms with E-state index in [1.807, 2.05) is 0 Å². The van der Waals surface area contributed by atoms with E-state index in [2.05, 4.69) is 15.5 Å². The number of hydrogen-bond acceptors (Lipinski definition) is 4. The predicted octanol–water partition coefficient (Wildman–Crippen LogP) is 1.55. The van der Waals surface area contributed by atoms with Crippen LogP contribution < -0.4 is 5.43 Å². The first-order valence-electron chi connectivity index (χ1n) is 5.28. The summed E-state index contributed by atoms with van der Waals surface area (Å²) in [5, 5.41) is 12.9. The molecule has 1 heterocycles. The first kappa shape index (κ1) is 11.8. The quantitative estimate of drug-likeness (QED) is 0.632. The van der Waals surface area contributed by atoms with Crippen molar-refractivity contribution in [3.8, 4) is 5.75 Å². The zero-order chi connectivity index (χ0) is 12.8. The molecule has 0 fully saturated rings. The molecule has 90 valence electrons. The highest BCUT2D eigenvalue weighted by molar-refractivity contribution is 5.94. The number of carbonyl (C=O) groups excluding carboxylic acids is 1. The van der Waals surface area contributed by atoms with Gasteiger partial charge in [-0.3, -0.25) is 9.78 Å². The molecule has 1 amide bonds. The number of hydrazone groups is 1. The predicted molar refractivity (Wildman–Crippen MR) is 67.4 cm³/mol. The molecule has 2 rings (SSSR count). The molecule has 0 atom stereocenters. The maximum absolute atomic E-state index is 11.6. The number of nitrogens with zero attached hydrogens (tertiary/aromatic N) is 2. The summed E-state index contributed by atoms with van der Waals surface area (Å²) in [6.45, 7) is 0. The number of aromatic hydroxyl groups is 1. The highest BCUT2D eigenvalue weighted by Gasteiger charge is 2.02. The summed E-state index contributed by atoms with van der Waals surface area (Å²) < 4.78 is 0. The van der Waals surface area contributed by atoms with Crippen molar-refractivity contribution in [2.24, 2.45) is 5.10 Å². The monoisotopic (exact) mass is 241 g/mol. The summed E-state index contributed by atoms with van der Waals surface area (Å²) in [4.78, 5) is 15.4. The molecule has 2 N–H and O–H groups in total. The van der Waals surface area contributed by atoms with Gasteiger partial charge in [-0.05, 0) is 42.0 Å². The molecule has 0 saturated heterocycles. The van der Waals surface area contributed by atoms with Gasteiger partial charge in [0.05, 0.1) is 11.8 Å². The third-order valence-electron chi connectivity index (χ3n) is 2.20. The SMILES string of the molecule is O=C(NN=Cc1ccc(O)cc1)c1cccnc1. The summed E-state index contributed by atoms with van der Waals surface area (Å²) in [6.07, 6.45) is 4.55. The van der Waals surface area contributed by atoms with Crippen LogP contribution in [0.15, 0.2) is 53.9 Å². The molecule has 0 aliphatic carbocycles. The van der Waals surface area contributed by atoms with E-state index in [1.165, 1.54) is 12.4 Å². The van der Waals surface area contributed by atoms with Crippen molar-refractivity contribution in [3.63, 3.8) is 0 Å². The summed E-state index contributed by atoms with van der Waals surface area (Å²) >= 11 is 0. The minimum absolute atomic E-state index is 0.187. The number of rotatable bonds is 3. The number of hydrogen-bond donors (Lipinski definition) is 2. The molecule has 5 heteroatoms. The van der Waals surface area contributed by atoms with Gasteiger partial charge in [0.25, 0.3) is 5.91 Å². The Balaban J connectivity index is 1.96. The van der Waals surface area contributed by atoms with E-state index in [1.54, 1.807) is 42.6 Å². The summed E-state index contributed by atoms with van der Waals surface area (Å²) in [5.74, 6) is -0.135. The Kier molecular flexibility index (Phi) is 3.66. The van der Waals surface area contributed by atoms with E-state index in [0.717, 1.165) is 5.56 Å². The fourth-order valence-corrected chi connectivity index (χ4v) is 1.29. The first-order chi connectivity index (χ1) is 8.75. The van der Waals surface area contributed by atoms with Crippen LogP contribution in [-0.4, -0.2) is 22.2 Å². The van der Waals surface area contributed by atoms with E-state index in [0.29, 0.717) is 5.56 Å². The highest BCUT2D eigenvalue weighted by Crippen LogP contribution is 2.07. The second-order valence-electron chi connectivity index (χ2n) is 3.53. The van der Waals surface area contributed by atoms with E-state index >= 15 is 0 Å². The highest BCUT2D eigenvalue weighted by atomic mass is 16.3. The van der Waals surface area contributed by atoms with Gasteiger partial charge in [0.1, 0.15) is 5.75 Å². The van der Waals surface area contributed by atoms with Crippen LogP contribution in [0.3, 0.4) is 0 Å². The number of aromatic nitrogens is 1. The minimum atomic E-state index is -0.321. The molecular weight excluding hydrogens is 230 g/mol. The van der Waals surface area contributed by atoms with Crippen LogP contribution in [0.25, 0.3) is 0 Å². The zero-order valence-electron chi connectivity index (χ0n) is 9.45. The number of amides is 1. The Morgan fingerprint density at radius 2 is 2.06 bits per heavy atom. The van der Waals surface area contributed by atoms with Crippen molar-refractivity contribution in [1.82, 2.24) is 10.4 Å². The summed E-state index contributed by atoms with van der Waals surface area (Å²) in [6, 6.07) is 9.80. The lowest BCUT2D eigenvalue weighted by molar-refractivity contribution is 0.0955. The third kappa shape index (κ3) is 3.15. The van der Waals surface area contributed by atoms with Gasteiger partial charge in [-0.25, -0.2) is 5.43 Å². The molecule has 0 saturated carbocycles. The van der Waals surface area contributed by atoms with Gasteiger partial charge in [0, 0.05) is 12.4 Å². The molecule has 18 heavy (non-hydrogen) atoms. The number of carbonyl (C=O) groups is 1. The summed E-state index contributed by atoms with van der Waals surface area (Å²) in [7, 11) is 0. The molecule has 1 aromatic carbocycles. The van der Waals surface area contributed by atoms with Crippen molar-refractivity contribution >= 4 is 12.1 Å². The largest absolute Gasteiger partial charge is 0.508 e. The number of nitrogens with one attached hydrogen (secondary N) is 1. The lowest BCUT2D eigenvalue weighted by atomic mass is 10.2. The van der Waals surface area contributed by atoms with Gasteiger partial charge in [-0.15, -0.1) is 0 Å². The fraction of sp³-hybridized carbons (Fsp3) is 0. The smallest absolute Gasteiger partial charge is 0.272 e. The molecule has 5 nitrogen and oxygen atoms in total. The molecular formula is C13H11N3O2. The van der Waals surface area contributed by atoms with Gasteiger partial charge in [0.15, 0.2) is 0 Å².